The first kappa shape index (κ1) is 18.8. The standard InChI is InChI=1S/C8H17N.C7H15N/c1-3-8(2)6-4-5-7-9;1-3-4-5-7(2)6-8/h2-7,9H2,1H3;5H,3-4,6,8H2,1-2H3/b;7-5+. The summed E-state index contributed by atoms with van der Waals surface area (Å²) in [6.07, 6.45) is 9.21. The van der Waals surface area contributed by atoms with Crippen molar-refractivity contribution in [2.75, 3.05) is 13.1 Å². The fourth-order valence-corrected chi connectivity index (χ4v) is 1.17. The zero-order valence-electron chi connectivity index (χ0n) is 12.1. The van der Waals surface area contributed by atoms with Gasteiger partial charge < -0.3 is 11.5 Å². The predicted molar refractivity (Wildman–Crippen MR) is 80.1 cm³/mol. The van der Waals surface area contributed by atoms with Crippen LogP contribution in [-0.2, 0) is 0 Å². The second kappa shape index (κ2) is 15.4. The third kappa shape index (κ3) is 18.0. The van der Waals surface area contributed by atoms with Crippen molar-refractivity contribution in [1.82, 2.24) is 0 Å². The van der Waals surface area contributed by atoms with Crippen molar-refractivity contribution in [2.24, 2.45) is 11.5 Å². The van der Waals surface area contributed by atoms with Crippen LogP contribution in [0.5, 0.6) is 0 Å². The zero-order chi connectivity index (χ0) is 13.5. The van der Waals surface area contributed by atoms with Gasteiger partial charge in [-0.2, -0.15) is 0 Å². The van der Waals surface area contributed by atoms with Gasteiger partial charge in [0, 0.05) is 6.54 Å². The maximum Gasteiger partial charge on any atom is 0.0134 e. The lowest BCUT2D eigenvalue weighted by Crippen LogP contribution is -1.99. The van der Waals surface area contributed by atoms with Crippen LogP contribution in [0.1, 0.15) is 59.3 Å². The molecule has 0 saturated carbocycles. The number of rotatable bonds is 8. The van der Waals surface area contributed by atoms with Crippen molar-refractivity contribution in [2.45, 2.75) is 59.3 Å². The summed E-state index contributed by atoms with van der Waals surface area (Å²) < 4.78 is 0. The number of hydrogen-bond acceptors (Lipinski definition) is 2. The lowest BCUT2D eigenvalue weighted by Gasteiger charge is -1.99. The van der Waals surface area contributed by atoms with Gasteiger partial charge in [-0.25, -0.2) is 0 Å². The fraction of sp³-hybridized carbons (Fsp3) is 0.733. The van der Waals surface area contributed by atoms with Crippen LogP contribution in [0.3, 0.4) is 0 Å². The molecule has 0 aliphatic heterocycles. The van der Waals surface area contributed by atoms with E-state index in [1.54, 1.807) is 0 Å². The average Bonchev–Trinajstić information content (AvgIpc) is 2.36. The Hall–Kier alpha value is -0.600. The number of allylic oxidation sites excluding steroid dienone is 2. The monoisotopic (exact) mass is 240 g/mol. The summed E-state index contributed by atoms with van der Waals surface area (Å²) in [5.41, 5.74) is 13.3. The van der Waals surface area contributed by atoms with E-state index in [9.17, 15) is 0 Å². The van der Waals surface area contributed by atoms with Crippen molar-refractivity contribution in [3.8, 4) is 0 Å². The molecule has 0 unspecified atom stereocenters. The summed E-state index contributed by atoms with van der Waals surface area (Å²) in [6.45, 7) is 11.8. The van der Waals surface area contributed by atoms with Gasteiger partial charge in [0.1, 0.15) is 0 Å². The van der Waals surface area contributed by atoms with E-state index in [2.05, 4.69) is 33.4 Å². The fourth-order valence-electron chi connectivity index (χ4n) is 1.17. The van der Waals surface area contributed by atoms with Gasteiger partial charge in [0.2, 0.25) is 0 Å². The highest BCUT2D eigenvalue weighted by Gasteiger charge is 1.88. The van der Waals surface area contributed by atoms with E-state index in [0.29, 0.717) is 6.54 Å². The Labute approximate surface area is 108 Å². The van der Waals surface area contributed by atoms with E-state index in [4.69, 9.17) is 11.5 Å². The minimum atomic E-state index is 0.708. The summed E-state index contributed by atoms with van der Waals surface area (Å²) in [6, 6.07) is 0. The molecule has 0 saturated heterocycles. The molecule has 102 valence electrons. The molecule has 0 atom stereocenters. The van der Waals surface area contributed by atoms with Crippen LogP contribution in [0.4, 0.5) is 0 Å². The molecule has 17 heavy (non-hydrogen) atoms. The molecule has 0 bridgehead atoms. The van der Waals surface area contributed by atoms with Crippen LogP contribution in [0.15, 0.2) is 23.8 Å². The van der Waals surface area contributed by atoms with Gasteiger partial charge in [0.15, 0.2) is 0 Å². The first-order valence-electron chi connectivity index (χ1n) is 6.84. The zero-order valence-corrected chi connectivity index (χ0v) is 12.1. The van der Waals surface area contributed by atoms with Gasteiger partial charge in [-0.05, 0) is 45.6 Å². The summed E-state index contributed by atoms with van der Waals surface area (Å²) >= 11 is 0. The Morgan fingerprint density at radius 2 is 1.82 bits per heavy atom. The van der Waals surface area contributed by atoms with Crippen molar-refractivity contribution in [3.63, 3.8) is 0 Å². The molecule has 0 radical (unpaired) electrons. The van der Waals surface area contributed by atoms with Gasteiger partial charge in [-0.15, -0.1) is 0 Å². The van der Waals surface area contributed by atoms with Crippen LogP contribution < -0.4 is 11.5 Å². The smallest absolute Gasteiger partial charge is 0.0134 e. The Balaban J connectivity index is 0. The molecule has 4 N–H and O–H groups in total. The summed E-state index contributed by atoms with van der Waals surface area (Å²) in [5, 5.41) is 0. The lowest BCUT2D eigenvalue weighted by molar-refractivity contribution is 0.728. The Bertz CT molecular complexity index is 195. The van der Waals surface area contributed by atoms with Crippen LogP contribution in [0.25, 0.3) is 0 Å². The largest absolute Gasteiger partial charge is 0.330 e. The molecule has 0 heterocycles. The maximum atomic E-state index is 5.34. The second-order valence-electron chi connectivity index (χ2n) is 4.39. The normalized spacial score (nSPS) is 10.8. The van der Waals surface area contributed by atoms with E-state index in [0.717, 1.165) is 25.8 Å². The van der Waals surface area contributed by atoms with Crippen molar-refractivity contribution in [1.29, 1.82) is 0 Å². The number of hydrogen-bond donors (Lipinski definition) is 2. The molecule has 0 aromatic carbocycles. The molecule has 0 aliphatic rings. The van der Waals surface area contributed by atoms with E-state index in [1.807, 2.05) is 0 Å². The Kier molecular flexibility index (Phi) is 17.0. The average molecular weight is 240 g/mol. The molecule has 0 spiro atoms. The highest BCUT2D eigenvalue weighted by molar-refractivity contribution is 4.98. The minimum absolute atomic E-state index is 0.708. The molecular weight excluding hydrogens is 208 g/mol. The molecule has 0 amide bonds. The van der Waals surface area contributed by atoms with Gasteiger partial charge in [0.25, 0.3) is 0 Å². The van der Waals surface area contributed by atoms with E-state index >= 15 is 0 Å². The third-order valence-corrected chi connectivity index (χ3v) is 2.59. The van der Waals surface area contributed by atoms with Crippen molar-refractivity contribution >= 4 is 0 Å². The van der Waals surface area contributed by atoms with Crippen LogP contribution in [0.2, 0.25) is 0 Å². The summed E-state index contributed by atoms with van der Waals surface area (Å²) in [4.78, 5) is 0. The molecule has 0 aromatic rings. The van der Waals surface area contributed by atoms with Crippen molar-refractivity contribution in [3.05, 3.63) is 23.8 Å². The quantitative estimate of drug-likeness (QED) is 0.501. The van der Waals surface area contributed by atoms with Crippen LogP contribution in [0, 0.1) is 0 Å². The SMILES string of the molecule is C=C(CC)CCCCN.CCC/C=C(\C)CN. The lowest BCUT2D eigenvalue weighted by atomic mass is 10.1. The number of unbranched alkanes of at least 4 members (excludes halogenated alkanes) is 2. The molecule has 2 heteroatoms. The highest BCUT2D eigenvalue weighted by atomic mass is 14.5. The molecule has 0 rings (SSSR count). The molecule has 0 fully saturated rings. The van der Waals surface area contributed by atoms with E-state index in [1.165, 1.54) is 30.4 Å². The topological polar surface area (TPSA) is 52.0 Å². The van der Waals surface area contributed by atoms with Gasteiger partial charge >= 0.3 is 0 Å². The van der Waals surface area contributed by atoms with Gasteiger partial charge in [-0.1, -0.05) is 44.1 Å². The minimum Gasteiger partial charge on any atom is -0.330 e. The first-order chi connectivity index (χ1) is 8.12. The molecule has 0 aliphatic carbocycles. The van der Waals surface area contributed by atoms with E-state index < -0.39 is 0 Å². The molecular formula is C15H32N2. The highest BCUT2D eigenvalue weighted by Crippen LogP contribution is 2.06. The van der Waals surface area contributed by atoms with Gasteiger partial charge in [-0.3, -0.25) is 0 Å². The summed E-state index contributed by atoms with van der Waals surface area (Å²) in [7, 11) is 0. The number of nitrogens with two attached hydrogens (primary N) is 2. The summed E-state index contributed by atoms with van der Waals surface area (Å²) in [5.74, 6) is 0. The van der Waals surface area contributed by atoms with Gasteiger partial charge in [0.05, 0.1) is 0 Å². The van der Waals surface area contributed by atoms with Crippen molar-refractivity contribution < 1.29 is 0 Å². The second-order valence-corrected chi connectivity index (χ2v) is 4.39. The van der Waals surface area contributed by atoms with Crippen LogP contribution >= 0.6 is 0 Å². The van der Waals surface area contributed by atoms with E-state index in [-0.39, 0.29) is 0 Å². The molecule has 0 aromatic heterocycles. The Morgan fingerprint density at radius 1 is 1.18 bits per heavy atom. The predicted octanol–water partition coefficient (Wildman–Crippen LogP) is 3.77. The Morgan fingerprint density at radius 3 is 2.24 bits per heavy atom. The first-order valence-corrected chi connectivity index (χ1v) is 6.84. The molecule has 2 nitrogen and oxygen atoms in total. The third-order valence-electron chi connectivity index (χ3n) is 2.59. The van der Waals surface area contributed by atoms with Crippen LogP contribution in [-0.4, -0.2) is 13.1 Å². The maximum absolute atomic E-state index is 5.34.